The maximum absolute atomic E-state index is 12.4. The second-order valence-corrected chi connectivity index (χ2v) is 8.03. The number of nitrogens with zero attached hydrogens (tertiary/aromatic N) is 1. The van der Waals surface area contributed by atoms with Crippen LogP contribution in [0.3, 0.4) is 0 Å². The average Bonchev–Trinajstić information content (AvgIpc) is 3.29. The van der Waals surface area contributed by atoms with Gasteiger partial charge in [-0.1, -0.05) is 30.3 Å². The first-order chi connectivity index (χ1) is 15.6. The highest BCUT2D eigenvalue weighted by atomic mass is 16.5. The standard InChI is InChI=1S/C25H27NO6/c1-29-25(28)23-8-7-20(32-23)16-31-24-17-30-21(14-22(24)27)15-26-11-9-19(10-12-26)13-18-5-3-2-4-6-18/h2-8,14,17,19H,9-13,15-16H2,1H3. The van der Waals surface area contributed by atoms with Crippen LogP contribution in [0.1, 0.15) is 40.5 Å². The second kappa shape index (κ2) is 10.3. The fraction of sp³-hybridized carbons (Fsp3) is 0.360. The molecule has 4 rings (SSSR count). The largest absolute Gasteiger partial charge is 0.479 e. The number of likely N-dealkylation sites (tertiary alicyclic amines) is 1. The third-order valence-corrected chi connectivity index (χ3v) is 5.72. The first-order valence-corrected chi connectivity index (χ1v) is 10.8. The lowest BCUT2D eigenvalue weighted by Crippen LogP contribution is -2.34. The first-order valence-electron chi connectivity index (χ1n) is 10.8. The van der Waals surface area contributed by atoms with Crippen LogP contribution in [0.2, 0.25) is 0 Å². The van der Waals surface area contributed by atoms with E-state index in [-0.39, 0.29) is 23.5 Å². The van der Waals surface area contributed by atoms with Crippen LogP contribution in [-0.2, 0) is 24.3 Å². The molecule has 2 aromatic heterocycles. The van der Waals surface area contributed by atoms with Crippen LogP contribution < -0.4 is 10.2 Å². The van der Waals surface area contributed by atoms with Crippen LogP contribution >= 0.6 is 0 Å². The summed E-state index contributed by atoms with van der Waals surface area (Å²) >= 11 is 0. The summed E-state index contributed by atoms with van der Waals surface area (Å²) in [6, 6.07) is 15.2. The molecule has 0 saturated carbocycles. The van der Waals surface area contributed by atoms with Gasteiger partial charge in [-0.25, -0.2) is 4.79 Å². The van der Waals surface area contributed by atoms with E-state index >= 15 is 0 Å². The zero-order chi connectivity index (χ0) is 22.3. The van der Waals surface area contributed by atoms with Gasteiger partial charge < -0.3 is 18.3 Å². The van der Waals surface area contributed by atoms with Crippen molar-refractivity contribution in [2.45, 2.75) is 32.4 Å². The number of methoxy groups -OCH3 is 1. The maximum atomic E-state index is 12.4. The van der Waals surface area contributed by atoms with E-state index in [9.17, 15) is 9.59 Å². The molecule has 32 heavy (non-hydrogen) atoms. The Bertz CT molecular complexity index is 1080. The predicted octanol–water partition coefficient (Wildman–Crippen LogP) is 4.05. The van der Waals surface area contributed by atoms with Gasteiger partial charge >= 0.3 is 5.97 Å². The molecule has 0 aliphatic carbocycles. The Morgan fingerprint density at radius 2 is 1.88 bits per heavy atom. The molecule has 1 aliphatic rings. The van der Waals surface area contributed by atoms with E-state index in [2.05, 4.69) is 33.9 Å². The second-order valence-electron chi connectivity index (χ2n) is 8.03. The van der Waals surface area contributed by atoms with Gasteiger partial charge in [0.2, 0.25) is 16.9 Å². The third-order valence-electron chi connectivity index (χ3n) is 5.72. The van der Waals surface area contributed by atoms with E-state index in [0.717, 1.165) is 32.4 Å². The molecule has 1 aliphatic heterocycles. The van der Waals surface area contributed by atoms with Crippen molar-refractivity contribution in [3.05, 3.63) is 87.9 Å². The van der Waals surface area contributed by atoms with Gasteiger partial charge in [0, 0.05) is 6.07 Å². The number of ether oxygens (including phenoxy) is 2. The van der Waals surface area contributed by atoms with Gasteiger partial charge in [-0.15, -0.1) is 0 Å². The molecule has 0 bridgehead atoms. The van der Waals surface area contributed by atoms with E-state index in [1.807, 2.05) is 6.07 Å². The highest BCUT2D eigenvalue weighted by Gasteiger charge is 2.20. The van der Waals surface area contributed by atoms with Crippen LogP contribution in [0.5, 0.6) is 5.75 Å². The average molecular weight is 437 g/mol. The number of benzene rings is 1. The molecule has 1 saturated heterocycles. The molecule has 0 amide bonds. The molecule has 1 aromatic carbocycles. The Labute approximate surface area is 186 Å². The summed E-state index contributed by atoms with van der Waals surface area (Å²) in [5.74, 6) is 1.34. The summed E-state index contributed by atoms with van der Waals surface area (Å²) in [6.45, 7) is 2.59. The number of carbonyl (C=O) groups excluding carboxylic acids is 1. The Kier molecular flexibility index (Phi) is 7.07. The highest BCUT2D eigenvalue weighted by Crippen LogP contribution is 2.23. The number of esters is 1. The van der Waals surface area contributed by atoms with Crippen molar-refractivity contribution >= 4 is 5.97 Å². The van der Waals surface area contributed by atoms with Crippen LogP contribution in [-0.4, -0.2) is 31.1 Å². The van der Waals surface area contributed by atoms with Gasteiger partial charge in [-0.2, -0.15) is 0 Å². The number of furan rings is 1. The lowest BCUT2D eigenvalue weighted by molar-refractivity contribution is 0.0561. The number of hydrogen-bond donors (Lipinski definition) is 0. The highest BCUT2D eigenvalue weighted by molar-refractivity contribution is 5.86. The Morgan fingerprint density at radius 1 is 1.09 bits per heavy atom. The summed E-state index contributed by atoms with van der Waals surface area (Å²) in [5, 5.41) is 0. The van der Waals surface area contributed by atoms with E-state index in [1.54, 1.807) is 6.07 Å². The van der Waals surface area contributed by atoms with E-state index in [1.165, 1.54) is 31.1 Å². The molecule has 0 atom stereocenters. The summed E-state index contributed by atoms with van der Waals surface area (Å²) in [4.78, 5) is 26.2. The van der Waals surface area contributed by atoms with Gasteiger partial charge in [0.15, 0.2) is 0 Å². The fourth-order valence-corrected chi connectivity index (χ4v) is 3.96. The number of carbonyl (C=O) groups is 1. The minimum Gasteiger partial charge on any atom is -0.479 e. The molecule has 7 heteroatoms. The van der Waals surface area contributed by atoms with Crippen molar-refractivity contribution in [2.75, 3.05) is 20.2 Å². The number of rotatable bonds is 8. The van der Waals surface area contributed by atoms with Crippen LogP contribution in [0.4, 0.5) is 0 Å². The van der Waals surface area contributed by atoms with Gasteiger partial charge in [0.1, 0.15) is 24.4 Å². The summed E-state index contributed by atoms with van der Waals surface area (Å²) in [6.07, 6.45) is 4.73. The van der Waals surface area contributed by atoms with E-state index in [0.29, 0.717) is 24.0 Å². The smallest absolute Gasteiger partial charge is 0.373 e. The molecule has 1 fully saturated rings. The van der Waals surface area contributed by atoms with Crippen molar-refractivity contribution in [3.63, 3.8) is 0 Å². The van der Waals surface area contributed by atoms with Crippen molar-refractivity contribution in [1.82, 2.24) is 4.90 Å². The number of piperidine rings is 1. The Hall–Kier alpha value is -3.32. The topological polar surface area (TPSA) is 82.1 Å². The molecule has 3 heterocycles. The Balaban J connectivity index is 1.26. The number of hydrogen-bond acceptors (Lipinski definition) is 7. The normalized spacial score (nSPS) is 14.9. The quantitative estimate of drug-likeness (QED) is 0.492. The zero-order valence-electron chi connectivity index (χ0n) is 18.1. The van der Waals surface area contributed by atoms with Crippen molar-refractivity contribution in [1.29, 1.82) is 0 Å². The van der Waals surface area contributed by atoms with Crippen molar-refractivity contribution in [2.24, 2.45) is 5.92 Å². The van der Waals surface area contributed by atoms with Crippen molar-refractivity contribution in [3.8, 4) is 5.75 Å². The lowest BCUT2D eigenvalue weighted by Gasteiger charge is -2.31. The maximum Gasteiger partial charge on any atom is 0.373 e. The minimum atomic E-state index is -0.566. The summed E-state index contributed by atoms with van der Waals surface area (Å²) in [5.41, 5.74) is 1.15. The van der Waals surface area contributed by atoms with Crippen LogP contribution in [0, 0.1) is 5.92 Å². The molecule has 0 radical (unpaired) electrons. The van der Waals surface area contributed by atoms with Crippen LogP contribution in [0.25, 0.3) is 0 Å². The van der Waals surface area contributed by atoms with Crippen molar-refractivity contribution < 1.29 is 23.1 Å². The van der Waals surface area contributed by atoms with E-state index in [4.69, 9.17) is 13.6 Å². The SMILES string of the molecule is COC(=O)c1ccc(COc2coc(CN3CCC(Cc4ccccc4)CC3)cc2=O)o1. The molecule has 0 spiro atoms. The molecule has 3 aromatic rings. The minimum absolute atomic E-state index is 0.00995. The molecule has 168 valence electrons. The summed E-state index contributed by atoms with van der Waals surface area (Å²) < 4.78 is 21.1. The first kappa shape index (κ1) is 21.9. The Morgan fingerprint density at radius 3 is 2.59 bits per heavy atom. The molecular formula is C25H27NO6. The third kappa shape index (κ3) is 5.68. The monoisotopic (exact) mass is 437 g/mol. The fourth-order valence-electron chi connectivity index (χ4n) is 3.96. The molecule has 0 unspecified atom stereocenters. The lowest BCUT2D eigenvalue weighted by atomic mass is 9.90. The van der Waals surface area contributed by atoms with Crippen LogP contribution in [0.15, 0.2) is 68.4 Å². The van der Waals surface area contributed by atoms with Gasteiger partial charge in [0.05, 0.1) is 13.7 Å². The van der Waals surface area contributed by atoms with Gasteiger partial charge in [-0.05, 0) is 56.0 Å². The van der Waals surface area contributed by atoms with E-state index < -0.39 is 5.97 Å². The molecular weight excluding hydrogens is 410 g/mol. The van der Waals surface area contributed by atoms with Gasteiger partial charge in [0.25, 0.3) is 0 Å². The summed E-state index contributed by atoms with van der Waals surface area (Å²) in [7, 11) is 1.28. The molecule has 7 nitrogen and oxygen atoms in total. The predicted molar refractivity (Wildman–Crippen MR) is 118 cm³/mol. The zero-order valence-corrected chi connectivity index (χ0v) is 18.1. The van der Waals surface area contributed by atoms with Gasteiger partial charge in [-0.3, -0.25) is 9.69 Å². The molecule has 0 N–H and O–H groups in total.